The van der Waals surface area contributed by atoms with Crippen molar-refractivity contribution in [2.24, 2.45) is 9.98 Å². The molecule has 0 aliphatic rings. The highest BCUT2D eigenvalue weighted by Crippen LogP contribution is 2.32. The molecule has 0 heterocycles. The fraction of sp³-hybridized carbons (Fsp3) is 0.263. The highest BCUT2D eigenvalue weighted by Gasteiger charge is 2.08. The molecule has 2 aromatic carbocycles. The van der Waals surface area contributed by atoms with Crippen molar-refractivity contribution in [1.29, 1.82) is 0 Å². The third-order valence-electron chi connectivity index (χ3n) is 3.39. The molecule has 0 fully saturated rings. The fourth-order valence-corrected chi connectivity index (χ4v) is 2.41. The first-order chi connectivity index (χ1) is 12.2. The Morgan fingerprint density at radius 2 is 1.24 bits per heavy atom. The zero-order chi connectivity index (χ0) is 18.1. The van der Waals surface area contributed by atoms with Crippen molar-refractivity contribution >= 4 is 23.5 Å². The van der Waals surface area contributed by atoms with Gasteiger partial charge in [0.1, 0.15) is 22.9 Å². The Hall–Kier alpha value is -3.20. The topological polar surface area (TPSA) is 77.3 Å². The number of isocyanates is 2. The van der Waals surface area contributed by atoms with Crippen molar-refractivity contribution in [3.8, 4) is 11.5 Å². The molecule has 0 aromatic heterocycles. The smallest absolute Gasteiger partial charge is 0.240 e. The average molecular weight is 338 g/mol. The lowest BCUT2D eigenvalue weighted by Gasteiger charge is -2.10. The number of hydrogen-bond donors (Lipinski definition) is 0. The van der Waals surface area contributed by atoms with Crippen LogP contribution < -0.4 is 9.47 Å². The number of aliphatic imine (C=N–C) groups is 2. The zero-order valence-corrected chi connectivity index (χ0v) is 14.1. The largest absolute Gasteiger partial charge is 0.492 e. The van der Waals surface area contributed by atoms with Crippen LogP contribution in [0.25, 0.3) is 0 Å². The summed E-state index contributed by atoms with van der Waals surface area (Å²) in [5.41, 5.74) is 2.74. The standard InChI is InChI=1S/C19H18N2O4/c1-3-24-18-7-5-14(10-16(18)20-12-22)9-15-6-8-19(25-4-2)17(11-15)21-13-23/h5-8,10-11H,3-4,9H2,1-2H3. The monoisotopic (exact) mass is 338 g/mol. The number of benzene rings is 2. The minimum absolute atomic E-state index is 0.437. The maximum atomic E-state index is 10.6. The van der Waals surface area contributed by atoms with Gasteiger partial charge in [0.2, 0.25) is 12.2 Å². The van der Waals surface area contributed by atoms with Gasteiger partial charge in [-0.15, -0.1) is 0 Å². The summed E-state index contributed by atoms with van der Waals surface area (Å²) in [4.78, 5) is 28.6. The number of hydrogen-bond acceptors (Lipinski definition) is 6. The summed E-state index contributed by atoms with van der Waals surface area (Å²) < 4.78 is 10.9. The molecule has 2 aromatic rings. The summed E-state index contributed by atoms with van der Waals surface area (Å²) in [5.74, 6) is 1.07. The van der Waals surface area contributed by atoms with Gasteiger partial charge >= 0.3 is 0 Å². The molecule has 0 spiro atoms. The Morgan fingerprint density at radius 3 is 1.60 bits per heavy atom. The molecule has 0 atom stereocenters. The zero-order valence-electron chi connectivity index (χ0n) is 14.1. The molecule has 0 radical (unpaired) electrons. The van der Waals surface area contributed by atoms with Crippen LogP contribution in [0, 0.1) is 0 Å². The van der Waals surface area contributed by atoms with Crippen molar-refractivity contribution in [3.05, 3.63) is 47.5 Å². The van der Waals surface area contributed by atoms with Crippen LogP contribution >= 0.6 is 0 Å². The molecule has 0 amide bonds. The lowest BCUT2D eigenvalue weighted by atomic mass is 10.0. The van der Waals surface area contributed by atoms with E-state index in [1.165, 1.54) is 0 Å². The molecule has 2 rings (SSSR count). The van der Waals surface area contributed by atoms with Crippen LogP contribution in [0.3, 0.4) is 0 Å². The third-order valence-corrected chi connectivity index (χ3v) is 3.39. The Kier molecular flexibility index (Phi) is 6.66. The van der Waals surface area contributed by atoms with E-state index in [-0.39, 0.29) is 0 Å². The second kappa shape index (κ2) is 9.18. The Balaban J connectivity index is 2.32. The summed E-state index contributed by atoms with van der Waals surface area (Å²) >= 11 is 0. The fourth-order valence-electron chi connectivity index (χ4n) is 2.41. The molecule has 0 bridgehead atoms. The maximum absolute atomic E-state index is 10.6. The summed E-state index contributed by atoms with van der Waals surface area (Å²) in [5, 5.41) is 0. The highest BCUT2D eigenvalue weighted by molar-refractivity contribution is 5.61. The minimum Gasteiger partial charge on any atom is -0.492 e. The molecule has 0 aliphatic carbocycles. The molecular weight excluding hydrogens is 320 g/mol. The number of carbonyl (C=O) groups excluding carboxylic acids is 2. The third kappa shape index (κ3) is 4.88. The summed E-state index contributed by atoms with van der Waals surface area (Å²) in [6.45, 7) is 4.67. The van der Waals surface area contributed by atoms with E-state index < -0.39 is 0 Å². The van der Waals surface area contributed by atoms with Gasteiger partial charge in [-0.1, -0.05) is 12.1 Å². The second-order valence-corrected chi connectivity index (χ2v) is 5.05. The van der Waals surface area contributed by atoms with Crippen LogP contribution in [0.4, 0.5) is 11.4 Å². The highest BCUT2D eigenvalue weighted by atomic mass is 16.5. The van der Waals surface area contributed by atoms with Gasteiger partial charge in [-0.05, 0) is 55.7 Å². The maximum Gasteiger partial charge on any atom is 0.240 e. The first-order valence-electron chi connectivity index (χ1n) is 7.89. The average Bonchev–Trinajstić information content (AvgIpc) is 2.60. The SMILES string of the molecule is CCOc1ccc(Cc2ccc(OCC)c(N=C=O)c2)cc1N=C=O. The molecular formula is C19H18N2O4. The second-order valence-electron chi connectivity index (χ2n) is 5.05. The predicted octanol–water partition coefficient (Wildman–Crippen LogP) is 4.01. The van der Waals surface area contributed by atoms with E-state index in [9.17, 15) is 9.59 Å². The summed E-state index contributed by atoms with van der Waals surface area (Å²) in [6, 6.07) is 10.9. The van der Waals surface area contributed by atoms with E-state index in [2.05, 4.69) is 9.98 Å². The molecule has 6 heteroatoms. The Labute approximate surface area is 145 Å². The van der Waals surface area contributed by atoms with E-state index in [0.717, 1.165) is 11.1 Å². The van der Waals surface area contributed by atoms with Crippen LogP contribution in [0.15, 0.2) is 46.4 Å². The van der Waals surface area contributed by atoms with Crippen LogP contribution in [-0.4, -0.2) is 25.4 Å². The molecule has 25 heavy (non-hydrogen) atoms. The van der Waals surface area contributed by atoms with Crippen molar-refractivity contribution in [2.45, 2.75) is 20.3 Å². The lowest BCUT2D eigenvalue weighted by molar-refractivity contribution is 0.341. The van der Waals surface area contributed by atoms with Crippen LogP contribution in [-0.2, 0) is 16.0 Å². The number of rotatable bonds is 8. The normalized spacial score (nSPS) is 9.68. The van der Waals surface area contributed by atoms with Gasteiger partial charge in [0.15, 0.2) is 0 Å². The van der Waals surface area contributed by atoms with Gasteiger partial charge in [-0.2, -0.15) is 9.98 Å². The summed E-state index contributed by atoms with van der Waals surface area (Å²) in [6.07, 6.45) is 3.65. The van der Waals surface area contributed by atoms with Gasteiger partial charge < -0.3 is 9.47 Å². The Morgan fingerprint density at radius 1 is 0.800 bits per heavy atom. The van der Waals surface area contributed by atoms with Crippen molar-refractivity contribution in [1.82, 2.24) is 0 Å². The van der Waals surface area contributed by atoms with Crippen LogP contribution in [0.1, 0.15) is 25.0 Å². The van der Waals surface area contributed by atoms with Crippen molar-refractivity contribution in [3.63, 3.8) is 0 Å². The van der Waals surface area contributed by atoms with E-state index >= 15 is 0 Å². The Bertz CT molecular complexity index is 766. The van der Waals surface area contributed by atoms with E-state index in [1.807, 2.05) is 26.0 Å². The molecule has 0 saturated carbocycles. The van der Waals surface area contributed by atoms with Gasteiger partial charge in [0, 0.05) is 0 Å². The molecule has 128 valence electrons. The minimum atomic E-state index is 0.437. The lowest BCUT2D eigenvalue weighted by Crippen LogP contribution is -1.95. The predicted molar refractivity (Wildman–Crippen MR) is 93.6 cm³/mol. The molecule has 0 saturated heterocycles. The van der Waals surface area contributed by atoms with Crippen LogP contribution in [0.5, 0.6) is 11.5 Å². The van der Waals surface area contributed by atoms with Crippen molar-refractivity contribution < 1.29 is 19.1 Å². The summed E-state index contributed by atoms with van der Waals surface area (Å²) in [7, 11) is 0. The molecule has 0 unspecified atom stereocenters. The number of nitrogens with zero attached hydrogens (tertiary/aromatic N) is 2. The van der Waals surface area contributed by atoms with Gasteiger partial charge in [-0.25, -0.2) is 9.59 Å². The van der Waals surface area contributed by atoms with E-state index in [0.29, 0.717) is 42.5 Å². The first-order valence-corrected chi connectivity index (χ1v) is 7.89. The molecule has 0 aliphatic heterocycles. The first kappa shape index (κ1) is 18.1. The van der Waals surface area contributed by atoms with E-state index in [1.54, 1.807) is 36.4 Å². The van der Waals surface area contributed by atoms with Gasteiger partial charge in [0.05, 0.1) is 13.2 Å². The van der Waals surface area contributed by atoms with Crippen LogP contribution in [0.2, 0.25) is 0 Å². The molecule has 6 nitrogen and oxygen atoms in total. The number of ether oxygens (including phenoxy) is 2. The van der Waals surface area contributed by atoms with Gasteiger partial charge in [0.25, 0.3) is 0 Å². The van der Waals surface area contributed by atoms with Crippen molar-refractivity contribution in [2.75, 3.05) is 13.2 Å². The molecule has 0 N–H and O–H groups in total. The van der Waals surface area contributed by atoms with E-state index in [4.69, 9.17) is 9.47 Å². The quantitative estimate of drug-likeness (QED) is 0.538. The van der Waals surface area contributed by atoms with Gasteiger partial charge in [-0.3, -0.25) is 0 Å².